The Morgan fingerprint density at radius 1 is 1.14 bits per heavy atom. The number of aliphatic hydroxyl groups excluding tert-OH is 1. The lowest BCUT2D eigenvalue weighted by Crippen LogP contribution is -1.97. The molecular weight excluding hydrogens is 208 g/mol. The largest absolute Gasteiger partial charge is 0.481 e. The molecule has 84 valence electrons. The summed E-state index contributed by atoms with van der Waals surface area (Å²) in [5.74, 6) is -1.74. The molecule has 0 aromatic rings. The molecule has 0 bridgehead atoms. The van der Waals surface area contributed by atoms with Gasteiger partial charge in [0.2, 0.25) is 0 Å². The summed E-state index contributed by atoms with van der Waals surface area (Å²) in [5, 5.41) is 24.2. The molecule has 0 radical (unpaired) electrons. The van der Waals surface area contributed by atoms with Gasteiger partial charge >= 0.3 is 11.9 Å². The zero-order valence-electron chi connectivity index (χ0n) is 8.01. The Morgan fingerprint density at radius 2 is 1.36 bits per heavy atom. The monoisotopic (exact) mass is 224 g/mol. The molecular formula is C8H16O5S. The molecule has 3 N–H and O–H groups in total. The topological polar surface area (TPSA) is 94.8 Å². The quantitative estimate of drug-likeness (QED) is 0.317. The standard InChI is InChI=1S/C6H10O4.C2H6OS/c7-5(8)3-1-2-4-6(9)10;1-2(3)4/h1-4H2,(H,7,8)(H,9,10);2-4H,1H3. The van der Waals surface area contributed by atoms with Crippen LogP contribution in [0.3, 0.4) is 0 Å². The van der Waals surface area contributed by atoms with Gasteiger partial charge in [-0.3, -0.25) is 9.59 Å². The molecule has 1 atom stereocenters. The van der Waals surface area contributed by atoms with Crippen LogP contribution in [0.5, 0.6) is 0 Å². The summed E-state index contributed by atoms with van der Waals surface area (Å²) in [6.07, 6.45) is 1.02. The van der Waals surface area contributed by atoms with Gasteiger partial charge in [-0.25, -0.2) is 0 Å². The smallest absolute Gasteiger partial charge is 0.303 e. The number of carbonyl (C=O) groups is 2. The van der Waals surface area contributed by atoms with Gasteiger partial charge in [-0.1, -0.05) is 0 Å². The molecule has 0 aliphatic heterocycles. The summed E-state index contributed by atoms with van der Waals surface area (Å²) in [4.78, 5) is 19.8. The molecule has 0 aromatic heterocycles. The number of rotatable bonds is 5. The fraction of sp³-hybridized carbons (Fsp3) is 0.750. The van der Waals surface area contributed by atoms with E-state index in [4.69, 9.17) is 15.3 Å². The Hall–Kier alpha value is -0.750. The maximum absolute atomic E-state index is 9.90. The van der Waals surface area contributed by atoms with Gasteiger partial charge in [0.1, 0.15) is 0 Å². The van der Waals surface area contributed by atoms with Crippen LogP contribution in [-0.4, -0.2) is 32.7 Å². The van der Waals surface area contributed by atoms with Crippen molar-refractivity contribution >= 4 is 24.6 Å². The van der Waals surface area contributed by atoms with Crippen LogP contribution in [0.1, 0.15) is 32.6 Å². The Balaban J connectivity index is 0. The molecule has 0 heterocycles. The van der Waals surface area contributed by atoms with E-state index in [9.17, 15) is 9.59 Å². The summed E-state index contributed by atoms with van der Waals surface area (Å²) < 4.78 is 0. The second kappa shape index (κ2) is 10.3. The first-order valence-electron chi connectivity index (χ1n) is 4.16. The van der Waals surface area contributed by atoms with Gasteiger partial charge in [0.15, 0.2) is 0 Å². The van der Waals surface area contributed by atoms with Crippen molar-refractivity contribution in [3.8, 4) is 0 Å². The first kappa shape index (κ1) is 15.7. The van der Waals surface area contributed by atoms with Crippen LogP contribution in [-0.2, 0) is 9.59 Å². The van der Waals surface area contributed by atoms with Crippen molar-refractivity contribution in [2.24, 2.45) is 0 Å². The first-order valence-corrected chi connectivity index (χ1v) is 4.67. The SMILES string of the molecule is CC(O)S.O=C(O)CCCCC(=O)O. The van der Waals surface area contributed by atoms with Crippen LogP contribution in [0, 0.1) is 0 Å². The summed E-state index contributed by atoms with van der Waals surface area (Å²) in [6.45, 7) is 1.59. The average Bonchev–Trinajstić information content (AvgIpc) is 1.96. The van der Waals surface area contributed by atoms with E-state index in [1.54, 1.807) is 6.92 Å². The van der Waals surface area contributed by atoms with Crippen molar-refractivity contribution < 1.29 is 24.9 Å². The molecule has 5 nitrogen and oxygen atoms in total. The van der Waals surface area contributed by atoms with Crippen molar-refractivity contribution in [1.29, 1.82) is 0 Å². The summed E-state index contributed by atoms with van der Waals surface area (Å²) in [6, 6.07) is 0. The van der Waals surface area contributed by atoms with E-state index in [1.165, 1.54) is 0 Å². The Labute approximate surface area is 88.2 Å². The Bertz CT molecular complexity index is 150. The van der Waals surface area contributed by atoms with Crippen molar-refractivity contribution in [1.82, 2.24) is 0 Å². The fourth-order valence-corrected chi connectivity index (χ4v) is 0.552. The lowest BCUT2D eigenvalue weighted by atomic mass is 10.2. The molecule has 1 unspecified atom stereocenters. The van der Waals surface area contributed by atoms with Gasteiger partial charge in [-0.05, 0) is 19.8 Å². The molecule has 0 aliphatic carbocycles. The first-order chi connectivity index (χ1) is 6.36. The third-order valence-corrected chi connectivity index (χ3v) is 1.03. The molecule has 0 saturated carbocycles. The average molecular weight is 224 g/mol. The van der Waals surface area contributed by atoms with Gasteiger partial charge in [0, 0.05) is 12.8 Å². The number of carboxylic acid groups (broad SMARTS) is 2. The minimum absolute atomic E-state index is 0.0628. The van der Waals surface area contributed by atoms with Crippen LogP contribution in [0.2, 0.25) is 0 Å². The highest BCUT2D eigenvalue weighted by Gasteiger charge is 1.99. The minimum Gasteiger partial charge on any atom is -0.481 e. The zero-order valence-corrected chi connectivity index (χ0v) is 8.91. The van der Waals surface area contributed by atoms with Gasteiger partial charge in [-0.2, -0.15) is 0 Å². The molecule has 0 aromatic carbocycles. The number of aliphatic hydroxyl groups is 1. The van der Waals surface area contributed by atoms with E-state index in [2.05, 4.69) is 12.6 Å². The minimum atomic E-state index is -0.870. The number of thiol groups is 1. The van der Waals surface area contributed by atoms with E-state index in [0.29, 0.717) is 12.8 Å². The van der Waals surface area contributed by atoms with E-state index in [1.807, 2.05) is 0 Å². The maximum atomic E-state index is 9.90. The predicted octanol–water partition coefficient (Wildman–Crippen LogP) is 0.970. The summed E-state index contributed by atoms with van der Waals surface area (Å²) in [7, 11) is 0. The lowest BCUT2D eigenvalue weighted by Gasteiger charge is -1.92. The molecule has 0 saturated heterocycles. The number of aliphatic carboxylic acids is 2. The summed E-state index contributed by atoms with van der Waals surface area (Å²) >= 11 is 3.52. The highest BCUT2D eigenvalue weighted by Crippen LogP contribution is 1.98. The third kappa shape index (κ3) is 30.3. The van der Waals surface area contributed by atoms with Crippen LogP contribution in [0.4, 0.5) is 0 Å². The molecule has 14 heavy (non-hydrogen) atoms. The molecule has 0 aliphatic rings. The Kier molecular flexibility index (Phi) is 11.6. The highest BCUT2D eigenvalue weighted by molar-refractivity contribution is 7.80. The van der Waals surface area contributed by atoms with E-state index < -0.39 is 17.4 Å². The van der Waals surface area contributed by atoms with E-state index in [0.717, 1.165) is 0 Å². The second-order valence-corrected chi connectivity index (χ2v) is 3.37. The van der Waals surface area contributed by atoms with Crippen LogP contribution in [0.25, 0.3) is 0 Å². The second-order valence-electron chi connectivity index (χ2n) is 2.63. The Morgan fingerprint density at radius 3 is 1.50 bits per heavy atom. The zero-order chi connectivity index (χ0) is 11.6. The number of carboxylic acids is 2. The van der Waals surface area contributed by atoms with E-state index in [-0.39, 0.29) is 12.8 Å². The predicted molar refractivity (Wildman–Crippen MR) is 54.4 cm³/mol. The van der Waals surface area contributed by atoms with E-state index >= 15 is 0 Å². The van der Waals surface area contributed by atoms with Crippen molar-refractivity contribution in [3.05, 3.63) is 0 Å². The van der Waals surface area contributed by atoms with Crippen LogP contribution in [0.15, 0.2) is 0 Å². The van der Waals surface area contributed by atoms with Crippen LogP contribution < -0.4 is 0 Å². The maximum Gasteiger partial charge on any atom is 0.303 e. The molecule has 0 spiro atoms. The number of unbranched alkanes of at least 4 members (excludes halogenated alkanes) is 1. The van der Waals surface area contributed by atoms with Crippen molar-refractivity contribution in [2.45, 2.75) is 38.0 Å². The van der Waals surface area contributed by atoms with Crippen molar-refractivity contribution in [3.63, 3.8) is 0 Å². The number of hydrogen-bond donors (Lipinski definition) is 4. The van der Waals surface area contributed by atoms with Crippen molar-refractivity contribution in [2.75, 3.05) is 0 Å². The summed E-state index contributed by atoms with van der Waals surface area (Å²) in [5.41, 5.74) is -0.472. The number of hydrogen-bond acceptors (Lipinski definition) is 4. The normalized spacial score (nSPS) is 11.1. The molecule has 0 amide bonds. The lowest BCUT2D eigenvalue weighted by molar-refractivity contribution is -0.139. The van der Waals surface area contributed by atoms with Gasteiger partial charge in [0.25, 0.3) is 0 Å². The molecule has 6 heteroatoms. The van der Waals surface area contributed by atoms with Gasteiger partial charge in [-0.15, -0.1) is 12.6 Å². The fourth-order valence-electron chi connectivity index (χ4n) is 0.552. The van der Waals surface area contributed by atoms with Gasteiger partial charge < -0.3 is 15.3 Å². The third-order valence-electron chi connectivity index (χ3n) is 1.03. The molecule has 0 fully saturated rings. The highest BCUT2D eigenvalue weighted by atomic mass is 32.1. The van der Waals surface area contributed by atoms with Crippen LogP contribution >= 0.6 is 12.6 Å². The van der Waals surface area contributed by atoms with Gasteiger partial charge in [0.05, 0.1) is 5.44 Å². The molecule has 0 rings (SSSR count).